The third-order valence-electron chi connectivity index (χ3n) is 6.75. The normalized spacial score (nSPS) is 18.8. The maximum atomic E-state index is 11.1. The molecule has 0 amide bonds. The Bertz CT molecular complexity index is 1490. The molecular formula is C25H23N5O2S. The van der Waals surface area contributed by atoms with Gasteiger partial charge in [0.2, 0.25) is 0 Å². The van der Waals surface area contributed by atoms with Crippen molar-refractivity contribution in [2.75, 3.05) is 5.73 Å². The Labute approximate surface area is 194 Å². The molecule has 7 nitrogen and oxygen atoms in total. The molecule has 0 aromatic carbocycles. The molecule has 0 saturated heterocycles. The van der Waals surface area contributed by atoms with Gasteiger partial charge in [-0.1, -0.05) is 0 Å². The summed E-state index contributed by atoms with van der Waals surface area (Å²) in [6.45, 7) is 2.02. The van der Waals surface area contributed by atoms with Crippen LogP contribution in [0.5, 0.6) is 0 Å². The number of carbonyl (C=O) groups excluding carboxylic acids is 1. The van der Waals surface area contributed by atoms with E-state index in [9.17, 15) is 4.79 Å². The molecule has 0 bridgehead atoms. The predicted molar refractivity (Wildman–Crippen MR) is 130 cm³/mol. The third-order valence-corrected chi connectivity index (χ3v) is 7.68. The molecule has 5 heterocycles. The molecule has 1 saturated carbocycles. The fourth-order valence-electron chi connectivity index (χ4n) is 4.90. The van der Waals surface area contributed by atoms with Gasteiger partial charge in [0.1, 0.15) is 12.0 Å². The number of furan rings is 1. The minimum atomic E-state index is 0.187. The molecule has 33 heavy (non-hydrogen) atoms. The van der Waals surface area contributed by atoms with E-state index in [4.69, 9.17) is 15.2 Å². The van der Waals surface area contributed by atoms with Crippen LogP contribution in [0.3, 0.4) is 0 Å². The molecule has 2 N–H and O–H groups in total. The van der Waals surface area contributed by atoms with Crippen molar-refractivity contribution in [3.8, 4) is 22.5 Å². The lowest BCUT2D eigenvalue weighted by Crippen LogP contribution is -2.19. The van der Waals surface area contributed by atoms with E-state index in [-0.39, 0.29) is 5.92 Å². The Morgan fingerprint density at radius 3 is 2.82 bits per heavy atom. The van der Waals surface area contributed by atoms with Crippen LogP contribution >= 0.6 is 11.3 Å². The van der Waals surface area contributed by atoms with Crippen LogP contribution in [0.2, 0.25) is 0 Å². The summed E-state index contributed by atoms with van der Waals surface area (Å²) in [5.74, 6) is 1.32. The molecule has 0 radical (unpaired) electrons. The van der Waals surface area contributed by atoms with Crippen molar-refractivity contribution in [1.29, 1.82) is 0 Å². The number of carbonyl (C=O) groups is 1. The van der Waals surface area contributed by atoms with E-state index in [1.807, 2.05) is 25.4 Å². The number of aldehydes is 1. The van der Waals surface area contributed by atoms with Crippen molar-refractivity contribution in [1.82, 2.24) is 19.7 Å². The van der Waals surface area contributed by atoms with Crippen LogP contribution in [0.4, 0.5) is 5.82 Å². The Morgan fingerprint density at radius 1 is 1.15 bits per heavy atom. The molecule has 0 spiro atoms. The van der Waals surface area contributed by atoms with Gasteiger partial charge in [0.25, 0.3) is 0 Å². The number of thiophene rings is 1. The zero-order chi connectivity index (χ0) is 22.5. The monoisotopic (exact) mass is 457 g/mol. The second-order valence-electron chi connectivity index (χ2n) is 8.74. The van der Waals surface area contributed by atoms with Crippen LogP contribution in [0.25, 0.3) is 43.5 Å². The van der Waals surface area contributed by atoms with E-state index in [1.54, 1.807) is 17.5 Å². The third kappa shape index (κ3) is 3.33. The molecule has 0 atom stereocenters. The van der Waals surface area contributed by atoms with E-state index >= 15 is 0 Å². The van der Waals surface area contributed by atoms with E-state index in [2.05, 4.69) is 32.3 Å². The van der Waals surface area contributed by atoms with Crippen LogP contribution in [0, 0.1) is 12.8 Å². The number of hydrogen-bond donors (Lipinski definition) is 1. The highest BCUT2D eigenvalue weighted by Crippen LogP contribution is 2.41. The van der Waals surface area contributed by atoms with Crippen molar-refractivity contribution in [3.63, 3.8) is 0 Å². The summed E-state index contributed by atoms with van der Waals surface area (Å²) < 4.78 is 9.41. The summed E-state index contributed by atoms with van der Waals surface area (Å²) in [5, 5.41) is 8.95. The van der Waals surface area contributed by atoms with Gasteiger partial charge in [0.05, 0.1) is 16.4 Å². The summed E-state index contributed by atoms with van der Waals surface area (Å²) in [6, 6.07) is 4.37. The number of nitrogen functional groups attached to an aromatic ring is 1. The first-order chi connectivity index (χ1) is 16.1. The standard InChI is InChI=1S/C25H23N5O2S/c1-14-20(11-30(29-14)16-4-2-15(12-31)3-5-16)19-9-28-25(26)24-18(19)8-22(32-24)21-13-33-23-10-27-7-6-17(21)23/h6-13,15-16H,2-5H2,1H3,(H2,26,28)/t15-,16-. The Hall–Kier alpha value is -3.52. The largest absolute Gasteiger partial charge is 0.452 e. The summed E-state index contributed by atoms with van der Waals surface area (Å²) in [4.78, 5) is 19.7. The maximum absolute atomic E-state index is 11.1. The number of rotatable bonds is 4. The topological polar surface area (TPSA) is 99.8 Å². The zero-order valence-electron chi connectivity index (χ0n) is 18.2. The van der Waals surface area contributed by atoms with E-state index in [0.29, 0.717) is 17.4 Å². The van der Waals surface area contributed by atoms with Crippen molar-refractivity contribution in [2.45, 2.75) is 38.6 Å². The second-order valence-corrected chi connectivity index (χ2v) is 9.66. The molecular weight excluding hydrogens is 434 g/mol. The first kappa shape index (κ1) is 20.1. The highest BCUT2D eigenvalue weighted by atomic mass is 32.1. The minimum absolute atomic E-state index is 0.187. The van der Waals surface area contributed by atoms with Gasteiger partial charge in [-0.25, -0.2) is 4.98 Å². The fourth-order valence-corrected chi connectivity index (χ4v) is 5.81. The van der Waals surface area contributed by atoms with Gasteiger partial charge in [-0.3, -0.25) is 9.67 Å². The van der Waals surface area contributed by atoms with Crippen LogP contribution in [-0.4, -0.2) is 26.0 Å². The summed E-state index contributed by atoms with van der Waals surface area (Å²) in [5.41, 5.74) is 10.7. The van der Waals surface area contributed by atoms with E-state index in [0.717, 1.165) is 75.6 Å². The van der Waals surface area contributed by atoms with Gasteiger partial charge in [-0.2, -0.15) is 5.10 Å². The lowest BCUT2D eigenvalue weighted by Gasteiger charge is -2.25. The molecule has 8 heteroatoms. The van der Waals surface area contributed by atoms with Gasteiger partial charge >= 0.3 is 0 Å². The smallest absolute Gasteiger partial charge is 0.177 e. The molecule has 5 aromatic rings. The number of aromatic nitrogens is 4. The van der Waals surface area contributed by atoms with Crippen molar-refractivity contribution in [3.05, 3.63) is 48.0 Å². The molecule has 0 aliphatic heterocycles. The highest BCUT2D eigenvalue weighted by Gasteiger charge is 2.24. The van der Waals surface area contributed by atoms with Crippen molar-refractivity contribution < 1.29 is 9.21 Å². The summed E-state index contributed by atoms with van der Waals surface area (Å²) in [7, 11) is 0. The van der Waals surface area contributed by atoms with Gasteiger partial charge < -0.3 is 14.9 Å². The number of nitrogens with two attached hydrogens (primary N) is 1. The minimum Gasteiger partial charge on any atom is -0.452 e. The van der Waals surface area contributed by atoms with Crippen LogP contribution in [0.15, 0.2) is 46.7 Å². The molecule has 5 aromatic heterocycles. The molecule has 6 rings (SSSR count). The number of fused-ring (bicyclic) bond motifs is 2. The van der Waals surface area contributed by atoms with Gasteiger partial charge in [0.15, 0.2) is 11.4 Å². The molecule has 166 valence electrons. The SMILES string of the molecule is Cc1nn([C@H]2CC[C@H](C=O)CC2)cc1-c1cnc(N)c2oc(-c3csc4cnccc34)cc12. The number of nitrogens with zero attached hydrogens (tertiary/aromatic N) is 4. The van der Waals surface area contributed by atoms with Crippen LogP contribution in [-0.2, 0) is 4.79 Å². The van der Waals surface area contributed by atoms with Crippen molar-refractivity contribution in [2.24, 2.45) is 5.92 Å². The molecule has 1 aliphatic rings. The molecule has 0 unspecified atom stereocenters. The second kappa shape index (κ2) is 7.81. The zero-order valence-corrected chi connectivity index (χ0v) is 19.0. The van der Waals surface area contributed by atoms with Gasteiger partial charge in [-0.15, -0.1) is 11.3 Å². The fraction of sp³-hybridized carbons (Fsp3) is 0.280. The number of anilines is 1. The average molecular weight is 458 g/mol. The maximum Gasteiger partial charge on any atom is 0.177 e. The highest BCUT2D eigenvalue weighted by molar-refractivity contribution is 7.17. The quantitative estimate of drug-likeness (QED) is 0.343. The average Bonchev–Trinajstić information content (AvgIpc) is 3.56. The Morgan fingerprint density at radius 2 is 2.00 bits per heavy atom. The lowest BCUT2D eigenvalue weighted by molar-refractivity contribution is -0.112. The van der Waals surface area contributed by atoms with Gasteiger partial charge in [-0.05, 0) is 44.7 Å². The number of pyridine rings is 2. The predicted octanol–water partition coefficient (Wildman–Crippen LogP) is 5.79. The first-order valence-electron chi connectivity index (χ1n) is 11.1. The summed E-state index contributed by atoms with van der Waals surface area (Å²) >= 11 is 1.64. The van der Waals surface area contributed by atoms with E-state index < -0.39 is 0 Å². The molecule has 1 fully saturated rings. The number of aryl methyl sites for hydroxylation is 1. The summed E-state index contributed by atoms with van der Waals surface area (Å²) in [6.07, 6.45) is 12.4. The van der Waals surface area contributed by atoms with Crippen LogP contribution in [0.1, 0.15) is 37.4 Å². The van der Waals surface area contributed by atoms with Crippen LogP contribution < -0.4 is 5.73 Å². The van der Waals surface area contributed by atoms with Gasteiger partial charge in [0, 0.05) is 63.5 Å². The molecule has 1 aliphatic carbocycles. The Balaban J connectivity index is 1.43. The number of hydrogen-bond acceptors (Lipinski definition) is 7. The first-order valence-corrected chi connectivity index (χ1v) is 12.0. The Kier molecular flexibility index (Phi) is 4.76. The van der Waals surface area contributed by atoms with Crippen molar-refractivity contribution >= 4 is 44.5 Å². The lowest BCUT2D eigenvalue weighted by atomic mass is 9.87. The van der Waals surface area contributed by atoms with E-state index in [1.165, 1.54) is 0 Å².